The lowest BCUT2D eigenvalue weighted by molar-refractivity contribution is 0.174. The van der Waals surface area contributed by atoms with Gasteiger partial charge in [0.15, 0.2) is 0 Å². The molecule has 0 radical (unpaired) electrons. The van der Waals surface area contributed by atoms with Crippen molar-refractivity contribution in [3.8, 4) is 0 Å². The van der Waals surface area contributed by atoms with Crippen molar-refractivity contribution in [2.24, 2.45) is 0 Å². The summed E-state index contributed by atoms with van der Waals surface area (Å²) in [6.07, 6.45) is -0.694. The number of aliphatic hydroxyl groups excluding tert-OH is 1. The molecule has 1 heterocycles. The van der Waals surface area contributed by atoms with Crippen molar-refractivity contribution in [1.82, 2.24) is 10.5 Å². The molecule has 0 fully saturated rings. The molecule has 0 bridgehead atoms. The number of hydrogen-bond acceptors (Lipinski definition) is 4. The highest BCUT2D eigenvalue weighted by atomic mass is 35.5. The zero-order valence-corrected chi connectivity index (χ0v) is 12.8. The average molecular weight is 315 g/mol. The number of benzene rings is 1. The molecule has 108 valence electrons. The third-order valence-corrected chi connectivity index (χ3v) is 3.70. The highest BCUT2D eigenvalue weighted by Crippen LogP contribution is 2.26. The average Bonchev–Trinajstić information content (AvgIpc) is 2.70. The number of aliphatic hydroxyl groups is 1. The number of aromatic nitrogens is 1. The molecule has 4 nitrogen and oxygen atoms in total. The molecule has 0 aliphatic rings. The van der Waals surface area contributed by atoms with E-state index in [4.69, 9.17) is 27.7 Å². The fourth-order valence-corrected chi connectivity index (χ4v) is 2.50. The van der Waals surface area contributed by atoms with Gasteiger partial charge in [-0.25, -0.2) is 0 Å². The van der Waals surface area contributed by atoms with Crippen LogP contribution in [0.3, 0.4) is 0 Å². The molecule has 0 saturated heterocycles. The Labute approximate surface area is 127 Å². The molecular formula is C14H16Cl2N2O2. The van der Waals surface area contributed by atoms with Gasteiger partial charge in [-0.05, 0) is 26.0 Å². The predicted octanol–water partition coefficient (Wildman–Crippen LogP) is 3.42. The van der Waals surface area contributed by atoms with E-state index in [9.17, 15) is 5.11 Å². The minimum Gasteiger partial charge on any atom is -0.387 e. The zero-order chi connectivity index (χ0) is 14.7. The van der Waals surface area contributed by atoms with Crippen LogP contribution in [-0.2, 0) is 6.54 Å². The quantitative estimate of drug-likeness (QED) is 0.887. The Morgan fingerprint density at radius 2 is 2.10 bits per heavy atom. The topological polar surface area (TPSA) is 58.3 Å². The summed E-state index contributed by atoms with van der Waals surface area (Å²) in [5, 5.41) is 18.2. The van der Waals surface area contributed by atoms with Gasteiger partial charge >= 0.3 is 0 Å². The van der Waals surface area contributed by atoms with Gasteiger partial charge < -0.3 is 14.9 Å². The number of aryl methyl sites for hydroxylation is 2. The molecule has 1 aromatic carbocycles. The second kappa shape index (κ2) is 6.59. The molecule has 0 spiro atoms. The second-order valence-electron chi connectivity index (χ2n) is 4.62. The molecule has 6 heteroatoms. The Bertz CT molecular complexity index is 579. The van der Waals surface area contributed by atoms with Crippen molar-refractivity contribution in [3.63, 3.8) is 0 Å². The smallest absolute Gasteiger partial charge is 0.138 e. The minimum atomic E-state index is -0.694. The van der Waals surface area contributed by atoms with Gasteiger partial charge in [0, 0.05) is 34.3 Å². The highest BCUT2D eigenvalue weighted by Gasteiger charge is 2.13. The van der Waals surface area contributed by atoms with Crippen LogP contribution in [0, 0.1) is 13.8 Å². The summed E-state index contributed by atoms with van der Waals surface area (Å²) in [4.78, 5) is 0. The van der Waals surface area contributed by atoms with E-state index in [1.54, 1.807) is 18.2 Å². The molecular weight excluding hydrogens is 299 g/mol. The molecule has 0 saturated carbocycles. The van der Waals surface area contributed by atoms with Crippen LogP contribution >= 0.6 is 23.2 Å². The Hall–Kier alpha value is -1.07. The Balaban J connectivity index is 1.94. The first kappa shape index (κ1) is 15.3. The van der Waals surface area contributed by atoms with Crippen LogP contribution in [0.25, 0.3) is 0 Å². The standard InChI is InChI=1S/C14H16Cl2N2O2/c1-8-12(9(2)20-18-8)6-17-7-14(19)11-4-3-10(15)5-13(11)16/h3-5,14,17,19H,6-7H2,1-2H3. The Kier molecular flexibility index (Phi) is 5.05. The van der Waals surface area contributed by atoms with Crippen molar-refractivity contribution in [3.05, 3.63) is 50.8 Å². The van der Waals surface area contributed by atoms with Crippen LogP contribution in [0.1, 0.15) is 28.7 Å². The molecule has 20 heavy (non-hydrogen) atoms. The molecule has 1 atom stereocenters. The molecule has 0 aliphatic heterocycles. The van der Waals surface area contributed by atoms with Gasteiger partial charge in [-0.1, -0.05) is 34.4 Å². The maximum absolute atomic E-state index is 10.1. The first-order valence-corrected chi connectivity index (χ1v) is 7.00. The third-order valence-electron chi connectivity index (χ3n) is 3.14. The molecule has 0 aliphatic carbocycles. The van der Waals surface area contributed by atoms with Gasteiger partial charge in [0.05, 0.1) is 11.8 Å². The Morgan fingerprint density at radius 1 is 1.35 bits per heavy atom. The van der Waals surface area contributed by atoms with Crippen LogP contribution < -0.4 is 5.32 Å². The number of hydrogen-bond donors (Lipinski definition) is 2. The summed E-state index contributed by atoms with van der Waals surface area (Å²) in [7, 11) is 0. The molecule has 0 amide bonds. The number of nitrogens with one attached hydrogen (secondary N) is 1. The van der Waals surface area contributed by atoms with E-state index in [0.717, 1.165) is 17.0 Å². The maximum atomic E-state index is 10.1. The number of nitrogens with zero attached hydrogens (tertiary/aromatic N) is 1. The lowest BCUT2D eigenvalue weighted by Gasteiger charge is -2.14. The summed E-state index contributed by atoms with van der Waals surface area (Å²) < 4.78 is 5.08. The maximum Gasteiger partial charge on any atom is 0.138 e. The van der Waals surface area contributed by atoms with E-state index in [0.29, 0.717) is 28.7 Å². The van der Waals surface area contributed by atoms with Gasteiger partial charge in [0.2, 0.25) is 0 Å². The monoisotopic (exact) mass is 314 g/mol. The van der Waals surface area contributed by atoms with E-state index in [2.05, 4.69) is 10.5 Å². The fourth-order valence-electron chi connectivity index (χ4n) is 1.97. The van der Waals surface area contributed by atoms with E-state index in [-0.39, 0.29) is 0 Å². The summed E-state index contributed by atoms with van der Waals surface area (Å²) in [6, 6.07) is 5.06. The minimum absolute atomic E-state index is 0.380. The van der Waals surface area contributed by atoms with Crippen LogP contribution in [-0.4, -0.2) is 16.8 Å². The van der Waals surface area contributed by atoms with Crippen LogP contribution in [0.15, 0.2) is 22.7 Å². The van der Waals surface area contributed by atoms with Crippen LogP contribution in [0.2, 0.25) is 10.0 Å². The number of halogens is 2. The third kappa shape index (κ3) is 3.52. The Morgan fingerprint density at radius 3 is 2.70 bits per heavy atom. The summed E-state index contributed by atoms with van der Waals surface area (Å²) in [5.74, 6) is 0.786. The van der Waals surface area contributed by atoms with Crippen LogP contribution in [0.4, 0.5) is 0 Å². The van der Waals surface area contributed by atoms with E-state index in [1.807, 2.05) is 13.8 Å². The summed E-state index contributed by atoms with van der Waals surface area (Å²) in [6.45, 7) is 4.72. The van der Waals surface area contributed by atoms with Crippen molar-refractivity contribution < 1.29 is 9.63 Å². The largest absolute Gasteiger partial charge is 0.387 e. The van der Waals surface area contributed by atoms with Gasteiger partial charge in [0.1, 0.15) is 5.76 Å². The lowest BCUT2D eigenvalue weighted by atomic mass is 10.1. The first-order chi connectivity index (χ1) is 9.49. The normalized spacial score (nSPS) is 12.7. The second-order valence-corrected chi connectivity index (χ2v) is 5.46. The SMILES string of the molecule is Cc1noc(C)c1CNCC(O)c1ccc(Cl)cc1Cl. The molecule has 2 rings (SSSR count). The van der Waals surface area contributed by atoms with E-state index in [1.165, 1.54) is 0 Å². The fraction of sp³-hybridized carbons (Fsp3) is 0.357. The lowest BCUT2D eigenvalue weighted by Crippen LogP contribution is -2.21. The van der Waals surface area contributed by atoms with Crippen molar-refractivity contribution in [1.29, 1.82) is 0 Å². The van der Waals surface area contributed by atoms with Gasteiger partial charge in [0.25, 0.3) is 0 Å². The summed E-state index contributed by atoms with van der Waals surface area (Å²) >= 11 is 11.9. The zero-order valence-electron chi connectivity index (χ0n) is 11.3. The van der Waals surface area contributed by atoms with Gasteiger partial charge in [-0.2, -0.15) is 0 Å². The van der Waals surface area contributed by atoms with Gasteiger partial charge in [-0.15, -0.1) is 0 Å². The summed E-state index contributed by atoms with van der Waals surface area (Å²) in [5.41, 5.74) is 2.52. The van der Waals surface area contributed by atoms with Gasteiger partial charge in [-0.3, -0.25) is 0 Å². The molecule has 2 N–H and O–H groups in total. The molecule has 1 aromatic heterocycles. The predicted molar refractivity (Wildman–Crippen MR) is 79.1 cm³/mol. The van der Waals surface area contributed by atoms with E-state index >= 15 is 0 Å². The van der Waals surface area contributed by atoms with E-state index < -0.39 is 6.10 Å². The first-order valence-electron chi connectivity index (χ1n) is 6.24. The van der Waals surface area contributed by atoms with Crippen molar-refractivity contribution in [2.75, 3.05) is 6.54 Å². The highest BCUT2D eigenvalue weighted by molar-refractivity contribution is 6.35. The number of rotatable bonds is 5. The molecule has 2 aromatic rings. The van der Waals surface area contributed by atoms with Crippen molar-refractivity contribution >= 4 is 23.2 Å². The van der Waals surface area contributed by atoms with Crippen molar-refractivity contribution in [2.45, 2.75) is 26.5 Å². The molecule has 1 unspecified atom stereocenters. The van der Waals surface area contributed by atoms with Crippen LogP contribution in [0.5, 0.6) is 0 Å².